The molecule has 0 aliphatic heterocycles. The van der Waals surface area contributed by atoms with E-state index in [2.05, 4.69) is 49.8 Å². The molecule has 5 aromatic heterocycles. The second kappa shape index (κ2) is 27.9. The minimum absolute atomic E-state index is 0.182. The zero-order valence-electron chi connectivity index (χ0n) is 39.5. The topological polar surface area (TPSA) is 346 Å². The summed E-state index contributed by atoms with van der Waals surface area (Å²) in [6, 6.07) is 0. The Morgan fingerprint density at radius 2 is 0.535 bits per heavy atom. The number of aromatic nitrogens is 10. The van der Waals surface area contributed by atoms with Crippen LogP contribution in [0.1, 0.15) is 122 Å². The summed E-state index contributed by atoms with van der Waals surface area (Å²) >= 11 is 0. The predicted octanol–water partition coefficient (Wildman–Crippen LogP) is 6.02. The summed E-state index contributed by atoms with van der Waals surface area (Å²) in [5, 5.41) is -4.10. The van der Waals surface area contributed by atoms with Crippen LogP contribution in [0.4, 0.5) is 22.0 Å². The highest BCUT2D eigenvalue weighted by Gasteiger charge is 2.30. The maximum atomic E-state index is 12.5. The van der Waals surface area contributed by atoms with Crippen molar-refractivity contribution in [2.24, 2.45) is 0 Å². The summed E-state index contributed by atoms with van der Waals surface area (Å²) < 4.78 is 184. The fraction of sp³-hybridized carbons (Fsp3) is 0.450. The molecule has 0 bridgehead atoms. The molecule has 0 saturated carbocycles. The molecule has 0 fully saturated rings. The van der Waals surface area contributed by atoms with E-state index < -0.39 is 114 Å². The van der Waals surface area contributed by atoms with Crippen molar-refractivity contribution < 1.29 is 73.8 Å². The Morgan fingerprint density at radius 3 is 0.676 bits per heavy atom. The fourth-order valence-electron chi connectivity index (χ4n) is 4.75. The number of hydrogen-bond acceptors (Lipinski definition) is 18. The molecule has 31 heteroatoms. The molecule has 0 radical (unpaired) electrons. The average Bonchev–Trinajstić information content (AvgIpc) is 3.30. The monoisotopic (exact) mass is 1090 g/mol. The number of rotatable bonds is 13. The molecule has 5 rings (SSSR count). The van der Waals surface area contributed by atoms with Crippen LogP contribution >= 0.6 is 0 Å². The molecule has 0 amide bonds. The second-order valence-corrected chi connectivity index (χ2v) is 22.4. The summed E-state index contributed by atoms with van der Waals surface area (Å²) in [5.41, 5.74) is 0.949. The number of hydrogen-bond donors (Lipinski definition) is 4. The van der Waals surface area contributed by atoms with Gasteiger partial charge in [0.05, 0.1) is 83.0 Å². The van der Waals surface area contributed by atoms with Gasteiger partial charge in [-0.1, -0.05) is 33.8 Å². The predicted molar refractivity (Wildman–Crippen MR) is 247 cm³/mol. The first kappa shape index (κ1) is 63.4. The molecule has 0 unspecified atom stereocenters. The SMILES string of the molecule is C/C=C(\C)c1ncc(F)cn1.C[C@@H](c1ncc(F)cn1)[C@H](C)S(=O)(=O)O.C[C@H]([C@@H](C)c1ncc(F)cn1)S(=O)(=O)O.C[C@H](c1ncc(F)cn1)[C@@H](C)S(=O)(=O)O.C[C@H](c1ncc(F)cn1)[C@H](C)S(=O)(=O)O. The van der Waals surface area contributed by atoms with Crippen molar-refractivity contribution in [3.63, 3.8) is 0 Å². The summed E-state index contributed by atoms with van der Waals surface area (Å²) in [6.45, 7) is 15.3. The van der Waals surface area contributed by atoms with Crippen LogP contribution in [0.5, 0.6) is 0 Å². The molecule has 0 aliphatic rings. The van der Waals surface area contributed by atoms with E-state index in [0.29, 0.717) is 5.82 Å². The molecule has 394 valence electrons. The normalized spacial score (nSPS) is 15.3. The Kier molecular flexibility index (Phi) is 24.9. The van der Waals surface area contributed by atoms with E-state index in [1.807, 2.05) is 19.9 Å². The van der Waals surface area contributed by atoms with E-state index in [-0.39, 0.29) is 23.3 Å². The molecule has 8 atom stereocenters. The third-order valence-electron chi connectivity index (χ3n) is 10.3. The van der Waals surface area contributed by atoms with Gasteiger partial charge >= 0.3 is 0 Å². The minimum Gasteiger partial charge on any atom is -0.285 e. The van der Waals surface area contributed by atoms with Gasteiger partial charge in [0, 0.05) is 23.7 Å². The van der Waals surface area contributed by atoms with Gasteiger partial charge in [-0.15, -0.1) is 0 Å². The largest absolute Gasteiger partial charge is 0.285 e. The number of halogens is 5. The number of nitrogens with zero attached hydrogens (tertiary/aromatic N) is 10. The van der Waals surface area contributed by atoms with Gasteiger partial charge < -0.3 is 0 Å². The smallest absolute Gasteiger partial charge is 0.268 e. The van der Waals surface area contributed by atoms with Crippen LogP contribution in [0.2, 0.25) is 0 Å². The number of allylic oxidation sites excluding steroid dienone is 2. The lowest BCUT2D eigenvalue weighted by atomic mass is 10.1. The van der Waals surface area contributed by atoms with Gasteiger partial charge in [0.1, 0.15) is 23.3 Å². The van der Waals surface area contributed by atoms with Crippen LogP contribution in [0, 0.1) is 29.1 Å². The summed E-state index contributed by atoms with van der Waals surface area (Å²) in [7, 11) is -16.5. The molecular weight excluding hydrogens is 1040 g/mol. The van der Waals surface area contributed by atoms with E-state index in [1.165, 1.54) is 27.7 Å². The lowest BCUT2D eigenvalue weighted by molar-refractivity contribution is 0.456. The van der Waals surface area contributed by atoms with Crippen LogP contribution in [-0.4, -0.2) is 123 Å². The van der Waals surface area contributed by atoms with E-state index >= 15 is 0 Å². The molecule has 4 N–H and O–H groups in total. The van der Waals surface area contributed by atoms with Crippen molar-refractivity contribution in [2.45, 2.75) is 114 Å². The molecule has 5 heterocycles. The summed E-state index contributed by atoms with van der Waals surface area (Å²) in [4.78, 5) is 36.8. The van der Waals surface area contributed by atoms with Gasteiger partial charge in [0.15, 0.2) is 34.9 Å². The Labute approximate surface area is 408 Å². The Balaban J connectivity index is 0.000000445. The van der Waals surface area contributed by atoms with E-state index in [4.69, 9.17) is 18.2 Å². The maximum absolute atomic E-state index is 12.5. The molecule has 22 nitrogen and oxygen atoms in total. The Hall–Kier alpha value is -5.57. The van der Waals surface area contributed by atoms with Crippen LogP contribution in [0.25, 0.3) is 5.57 Å². The third-order valence-corrected chi connectivity index (χ3v) is 15.7. The van der Waals surface area contributed by atoms with Crippen LogP contribution < -0.4 is 0 Å². The molecule has 0 aliphatic carbocycles. The van der Waals surface area contributed by atoms with Crippen LogP contribution in [0.3, 0.4) is 0 Å². The zero-order valence-corrected chi connectivity index (χ0v) is 42.8. The van der Waals surface area contributed by atoms with Gasteiger partial charge in [-0.25, -0.2) is 71.8 Å². The van der Waals surface area contributed by atoms with Crippen molar-refractivity contribution >= 4 is 46.0 Å². The Bertz CT molecular complexity index is 2580. The first-order valence-electron chi connectivity index (χ1n) is 20.4. The lowest BCUT2D eigenvalue weighted by Gasteiger charge is -2.15. The van der Waals surface area contributed by atoms with E-state index in [0.717, 1.165) is 67.5 Å². The molecule has 0 aromatic carbocycles. The van der Waals surface area contributed by atoms with Crippen LogP contribution in [0.15, 0.2) is 68.0 Å². The quantitative estimate of drug-likeness (QED) is 0.0773. The lowest BCUT2D eigenvalue weighted by Crippen LogP contribution is -2.24. The minimum atomic E-state index is -4.13. The van der Waals surface area contributed by atoms with Crippen molar-refractivity contribution in [1.82, 2.24) is 49.8 Å². The van der Waals surface area contributed by atoms with Gasteiger partial charge in [-0.2, -0.15) is 33.7 Å². The standard InChI is InChI=1S/4C8H11FN2O3S.C8H9FN2/c4*1-5(6(2)15(12,13)14)8-10-3-7(9)4-11-8;1-3-6(2)8-10-4-7(9)5-11-8/h4*3-6H,1-2H3,(H,12,13,14);3-5H,1-2H3/b;;;;6-3+/t2*5-,6+;2*5-,6-;/m1010./s1. The highest BCUT2D eigenvalue weighted by Crippen LogP contribution is 2.23. The maximum Gasteiger partial charge on any atom is 0.268 e. The Morgan fingerprint density at radius 1 is 0.380 bits per heavy atom. The third kappa shape index (κ3) is 22.2. The molecule has 5 aromatic rings. The van der Waals surface area contributed by atoms with E-state index in [1.54, 1.807) is 27.7 Å². The molecule has 0 spiro atoms. The summed E-state index contributed by atoms with van der Waals surface area (Å²) in [6.07, 6.45) is 11.8. The van der Waals surface area contributed by atoms with E-state index in [9.17, 15) is 55.6 Å². The van der Waals surface area contributed by atoms with Crippen molar-refractivity contribution in [3.05, 3.63) is 126 Å². The average molecular weight is 1090 g/mol. The highest BCUT2D eigenvalue weighted by atomic mass is 32.2. The van der Waals surface area contributed by atoms with Crippen molar-refractivity contribution in [3.8, 4) is 0 Å². The van der Waals surface area contributed by atoms with Gasteiger partial charge in [-0.05, 0) is 47.1 Å². The fourth-order valence-corrected chi connectivity index (χ4v) is 7.30. The van der Waals surface area contributed by atoms with Crippen LogP contribution in [-0.2, 0) is 40.5 Å². The molecular formula is C40H53F5N10O12S4. The molecule has 71 heavy (non-hydrogen) atoms. The second-order valence-electron chi connectivity index (χ2n) is 15.3. The van der Waals surface area contributed by atoms with Gasteiger partial charge in [0.2, 0.25) is 0 Å². The zero-order chi connectivity index (χ0) is 54.8. The van der Waals surface area contributed by atoms with Crippen molar-refractivity contribution in [2.75, 3.05) is 0 Å². The van der Waals surface area contributed by atoms with Crippen molar-refractivity contribution in [1.29, 1.82) is 0 Å². The summed E-state index contributed by atoms with van der Waals surface area (Å²) in [5.74, 6) is -3.85. The highest BCUT2D eigenvalue weighted by molar-refractivity contribution is 7.87. The van der Waals surface area contributed by atoms with Gasteiger partial charge in [-0.3, -0.25) is 18.2 Å². The first-order chi connectivity index (χ1) is 32.5. The van der Waals surface area contributed by atoms with Gasteiger partial charge in [0.25, 0.3) is 40.5 Å². The molecule has 0 saturated heterocycles. The first-order valence-corrected chi connectivity index (χ1v) is 26.4.